The van der Waals surface area contributed by atoms with Crippen LogP contribution in [0.25, 0.3) is 0 Å². The van der Waals surface area contributed by atoms with Gasteiger partial charge < -0.3 is 5.32 Å². The normalized spacial score (nSPS) is 10.2. The Labute approximate surface area is 97.3 Å². The van der Waals surface area contributed by atoms with Gasteiger partial charge in [0, 0.05) is 18.1 Å². The first-order valence-corrected chi connectivity index (χ1v) is 5.04. The van der Waals surface area contributed by atoms with Gasteiger partial charge in [0.05, 0.1) is 10.7 Å². The molecule has 0 unspecified atom stereocenters. The van der Waals surface area contributed by atoms with E-state index in [1.54, 1.807) is 18.5 Å². The lowest BCUT2D eigenvalue weighted by molar-refractivity contribution is 0.629. The first kappa shape index (κ1) is 10.8. The Morgan fingerprint density at radius 3 is 2.69 bits per heavy atom. The van der Waals surface area contributed by atoms with Gasteiger partial charge >= 0.3 is 0 Å². The van der Waals surface area contributed by atoms with Gasteiger partial charge in [-0.3, -0.25) is 4.98 Å². The van der Waals surface area contributed by atoms with E-state index in [1.807, 2.05) is 6.92 Å². The van der Waals surface area contributed by atoms with Crippen LogP contribution < -0.4 is 5.32 Å². The molecule has 3 nitrogen and oxygen atoms in total. The maximum atomic E-state index is 13.2. The van der Waals surface area contributed by atoms with E-state index < -0.39 is 5.82 Å². The molecule has 0 bridgehead atoms. The first-order chi connectivity index (χ1) is 7.66. The number of aryl methyl sites for hydroxylation is 1. The van der Waals surface area contributed by atoms with Gasteiger partial charge in [0.25, 0.3) is 0 Å². The van der Waals surface area contributed by atoms with Crippen molar-refractivity contribution in [3.63, 3.8) is 0 Å². The SMILES string of the molecule is Cc1nccnc1Nc1ccc(Cl)c(F)c1. The molecule has 82 valence electrons. The lowest BCUT2D eigenvalue weighted by Crippen LogP contribution is -1.98. The number of anilines is 2. The van der Waals surface area contributed by atoms with Crippen LogP contribution in [-0.4, -0.2) is 9.97 Å². The predicted octanol–water partition coefficient (Wildman–Crippen LogP) is 3.32. The minimum atomic E-state index is -0.465. The number of benzene rings is 1. The van der Waals surface area contributed by atoms with Gasteiger partial charge in [-0.05, 0) is 25.1 Å². The highest BCUT2D eigenvalue weighted by Crippen LogP contribution is 2.21. The van der Waals surface area contributed by atoms with Crippen molar-refractivity contribution in [3.05, 3.63) is 47.1 Å². The summed E-state index contributed by atoms with van der Waals surface area (Å²) in [6.07, 6.45) is 3.17. The van der Waals surface area contributed by atoms with E-state index in [1.165, 1.54) is 12.1 Å². The Balaban J connectivity index is 2.28. The number of nitrogens with zero attached hydrogens (tertiary/aromatic N) is 2. The van der Waals surface area contributed by atoms with E-state index >= 15 is 0 Å². The smallest absolute Gasteiger partial charge is 0.151 e. The van der Waals surface area contributed by atoms with Crippen molar-refractivity contribution in [1.29, 1.82) is 0 Å². The Kier molecular flexibility index (Phi) is 3.01. The fourth-order valence-electron chi connectivity index (χ4n) is 1.24. The molecule has 2 rings (SSSR count). The van der Waals surface area contributed by atoms with Crippen LogP contribution in [0.5, 0.6) is 0 Å². The molecule has 0 amide bonds. The highest BCUT2D eigenvalue weighted by Gasteiger charge is 2.03. The number of aromatic nitrogens is 2. The minimum Gasteiger partial charge on any atom is -0.339 e. The van der Waals surface area contributed by atoms with Crippen molar-refractivity contribution in [2.24, 2.45) is 0 Å². The molecule has 0 aliphatic rings. The Bertz CT molecular complexity index is 516. The summed E-state index contributed by atoms with van der Waals surface area (Å²) in [5, 5.41) is 3.07. The molecule has 0 aliphatic heterocycles. The number of halogens is 2. The summed E-state index contributed by atoms with van der Waals surface area (Å²) < 4.78 is 13.2. The molecule has 0 saturated heterocycles. The highest BCUT2D eigenvalue weighted by atomic mass is 35.5. The minimum absolute atomic E-state index is 0.0985. The average molecular weight is 238 g/mol. The Hall–Kier alpha value is -1.68. The van der Waals surface area contributed by atoms with Gasteiger partial charge in [0.2, 0.25) is 0 Å². The van der Waals surface area contributed by atoms with Crippen LogP contribution in [0.4, 0.5) is 15.9 Å². The van der Waals surface area contributed by atoms with E-state index in [2.05, 4.69) is 15.3 Å². The lowest BCUT2D eigenvalue weighted by atomic mass is 10.3. The second kappa shape index (κ2) is 4.45. The first-order valence-electron chi connectivity index (χ1n) is 4.66. The van der Waals surface area contributed by atoms with Crippen LogP contribution in [0, 0.1) is 12.7 Å². The fourth-order valence-corrected chi connectivity index (χ4v) is 1.36. The molecule has 2 aromatic rings. The standard InChI is InChI=1S/C11H9ClFN3/c1-7-11(15-5-4-14-7)16-8-2-3-9(12)10(13)6-8/h2-6H,1H3,(H,15,16). The molecule has 0 fully saturated rings. The molecule has 1 aromatic heterocycles. The van der Waals surface area contributed by atoms with E-state index in [-0.39, 0.29) is 5.02 Å². The largest absolute Gasteiger partial charge is 0.339 e. The van der Waals surface area contributed by atoms with E-state index in [4.69, 9.17) is 11.6 Å². The third kappa shape index (κ3) is 2.28. The molecule has 1 N–H and O–H groups in total. The van der Waals surface area contributed by atoms with Crippen LogP contribution in [-0.2, 0) is 0 Å². The lowest BCUT2D eigenvalue weighted by Gasteiger charge is -2.07. The second-order valence-corrected chi connectivity index (χ2v) is 3.65. The maximum Gasteiger partial charge on any atom is 0.151 e. The van der Waals surface area contributed by atoms with Crippen molar-refractivity contribution < 1.29 is 4.39 Å². The van der Waals surface area contributed by atoms with Gasteiger partial charge in [-0.25, -0.2) is 9.37 Å². The maximum absolute atomic E-state index is 13.2. The summed E-state index contributed by atoms with van der Waals surface area (Å²) in [5.74, 6) is 0.137. The zero-order chi connectivity index (χ0) is 11.5. The third-order valence-corrected chi connectivity index (χ3v) is 2.37. The predicted molar refractivity (Wildman–Crippen MR) is 61.5 cm³/mol. The van der Waals surface area contributed by atoms with E-state index in [0.717, 1.165) is 5.69 Å². The summed E-state index contributed by atoms with van der Waals surface area (Å²) in [6, 6.07) is 4.49. The zero-order valence-corrected chi connectivity index (χ0v) is 9.29. The van der Waals surface area contributed by atoms with Gasteiger partial charge in [0.15, 0.2) is 5.82 Å². The molecule has 5 heteroatoms. The summed E-state index contributed by atoms with van der Waals surface area (Å²) in [6.45, 7) is 1.82. The highest BCUT2D eigenvalue weighted by molar-refractivity contribution is 6.30. The molecular formula is C11H9ClFN3. The molecule has 0 atom stereocenters. The van der Waals surface area contributed by atoms with Gasteiger partial charge in [-0.15, -0.1) is 0 Å². The molecular weight excluding hydrogens is 229 g/mol. The molecule has 1 heterocycles. The monoisotopic (exact) mass is 237 g/mol. The third-order valence-electron chi connectivity index (χ3n) is 2.06. The molecule has 0 radical (unpaired) electrons. The zero-order valence-electron chi connectivity index (χ0n) is 8.54. The van der Waals surface area contributed by atoms with Gasteiger partial charge in [-0.2, -0.15) is 0 Å². The molecule has 0 saturated carbocycles. The number of nitrogens with one attached hydrogen (secondary N) is 1. The summed E-state index contributed by atoms with van der Waals surface area (Å²) in [7, 11) is 0. The van der Waals surface area contributed by atoms with Crippen LogP contribution in [0.2, 0.25) is 5.02 Å². The number of rotatable bonds is 2. The summed E-state index contributed by atoms with van der Waals surface area (Å²) in [4.78, 5) is 8.17. The van der Waals surface area contributed by atoms with Gasteiger partial charge in [0.1, 0.15) is 5.82 Å². The number of hydrogen-bond acceptors (Lipinski definition) is 3. The van der Waals surface area contributed by atoms with Crippen molar-refractivity contribution in [2.75, 3.05) is 5.32 Å². The average Bonchev–Trinajstić information content (AvgIpc) is 2.27. The molecule has 0 aliphatic carbocycles. The molecule has 0 spiro atoms. The van der Waals surface area contributed by atoms with Crippen molar-refractivity contribution >= 4 is 23.1 Å². The summed E-state index contributed by atoms with van der Waals surface area (Å²) in [5.41, 5.74) is 1.34. The van der Waals surface area contributed by atoms with E-state index in [0.29, 0.717) is 11.5 Å². The topological polar surface area (TPSA) is 37.8 Å². The fraction of sp³-hybridized carbons (Fsp3) is 0.0909. The van der Waals surface area contributed by atoms with Crippen molar-refractivity contribution in [3.8, 4) is 0 Å². The van der Waals surface area contributed by atoms with Crippen LogP contribution in [0.1, 0.15) is 5.69 Å². The van der Waals surface area contributed by atoms with Crippen molar-refractivity contribution in [1.82, 2.24) is 9.97 Å². The Morgan fingerprint density at radius 2 is 2.00 bits per heavy atom. The van der Waals surface area contributed by atoms with Crippen LogP contribution in [0.15, 0.2) is 30.6 Å². The van der Waals surface area contributed by atoms with E-state index in [9.17, 15) is 4.39 Å². The van der Waals surface area contributed by atoms with Gasteiger partial charge in [-0.1, -0.05) is 11.6 Å². The molecule has 16 heavy (non-hydrogen) atoms. The summed E-state index contributed by atoms with van der Waals surface area (Å²) >= 11 is 5.58. The van der Waals surface area contributed by atoms with Crippen LogP contribution >= 0.6 is 11.6 Å². The number of hydrogen-bond donors (Lipinski definition) is 1. The van der Waals surface area contributed by atoms with Crippen molar-refractivity contribution in [2.45, 2.75) is 6.92 Å². The Morgan fingerprint density at radius 1 is 1.25 bits per heavy atom. The molecule has 1 aromatic carbocycles. The quantitative estimate of drug-likeness (QED) is 0.871. The van der Waals surface area contributed by atoms with Crippen LogP contribution in [0.3, 0.4) is 0 Å². The second-order valence-electron chi connectivity index (χ2n) is 3.24.